The minimum atomic E-state index is -0.583. The van der Waals surface area contributed by atoms with Crippen LogP contribution >= 0.6 is 0 Å². The van der Waals surface area contributed by atoms with Crippen LogP contribution in [0.15, 0.2) is 36.0 Å². The molecule has 1 aliphatic carbocycles. The molecule has 0 fully saturated rings. The van der Waals surface area contributed by atoms with E-state index in [9.17, 15) is 8.78 Å². The first kappa shape index (κ1) is 13.8. The monoisotopic (exact) mass is 270 g/mol. The summed E-state index contributed by atoms with van der Waals surface area (Å²) in [6, 6.07) is 0. The summed E-state index contributed by atoms with van der Waals surface area (Å²) in [6.07, 6.45) is 3.15. The number of rotatable bonds is 0. The van der Waals surface area contributed by atoms with Crippen LogP contribution in [0.1, 0.15) is 0 Å². The zero-order valence-electron chi connectivity index (χ0n) is 5.78. The van der Waals surface area contributed by atoms with Gasteiger partial charge in [0.25, 0.3) is 0 Å². The van der Waals surface area contributed by atoms with Crippen LogP contribution in [0.4, 0.5) is 8.78 Å². The van der Waals surface area contributed by atoms with E-state index in [4.69, 9.17) is 0 Å². The van der Waals surface area contributed by atoms with Gasteiger partial charge in [0.15, 0.2) is 0 Å². The van der Waals surface area contributed by atoms with Crippen LogP contribution < -0.4 is 17.0 Å². The van der Waals surface area contributed by atoms with E-state index >= 15 is 0 Å². The summed E-state index contributed by atoms with van der Waals surface area (Å²) < 4.78 is 24.3. The van der Waals surface area contributed by atoms with Crippen molar-refractivity contribution in [1.29, 1.82) is 0 Å². The summed E-state index contributed by atoms with van der Waals surface area (Å²) in [7, 11) is 0. The molecule has 0 unspecified atom stereocenters. The topological polar surface area (TPSA) is 0 Å². The summed E-state index contributed by atoms with van der Waals surface area (Å²) in [5.74, 6) is -1.17. The van der Waals surface area contributed by atoms with Gasteiger partial charge in [-0.2, -0.15) is 0 Å². The van der Waals surface area contributed by atoms with Crippen molar-refractivity contribution < 1.29 is 45.2 Å². The Balaban J connectivity index is 0. The van der Waals surface area contributed by atoms with E-state index in [0.29, 0.717) is 5.57 Å². The van der Waals surface area contributed by atoms with Crippen molar-refractivity contribution >= 4 is 0 Å². The van der Waals surface area contributed by atoms with E-state index in [1.807, 2.05) is 0 Å². The molecule has 4 heteroatoms. The number of halogens is 3. The number of allylic oxidation sites excluding steroid dienone is 5. The first-order valence-electron chi connectivity index (χ1n) is 2.46. The van der Waals surface area contributed by atoms with Crippen LogP contribution in [0.2, 0.25) is 0 Å². The fourth-order valence-corrected chi connectivity index (χ4v) is 0.611. The molecule has 0 aromatic rings. The molecule has 0 aromatic heterocycles. The normalized spacial score (nSPS) is 15.6. The van der Waals surface area contributed by atoms with Crippen molar-refractivity contribution in [3.63, 3.8) is 0 Å². The molecule has 0 heterocycles. The smallest absolute Gasteiger partial charge is 0.111 e. The van der Waals surface area contributed by atoms with Gasteiger partial charge in [0.2, 0.25) is 0 Å². The molecule has 0 N–H and O–H groups in total. The molecule has 0 bridgehead atoms. The maximum atomic E-state index is 12.1. The molecule has 11 heavy (non-hydrogen) atoms. The van der Waals surface area contributed by atoms with Gasteiger partial charge in [-0.05, 0) is 17.7 Å². The Kier molecular flexibility index (Phi) is 7.23. The molecular formula is C7H5BrF2Zn-. The van der Waals surface area contributed by atoms with E-state index in [1.54, 1.807) is 0 Å². The van der Waals surface area contributed by atoms with Crippen molar-refractivity contribution in [2.75, 3.05) is 0 Å². The van der Waals surface area contributed by atoms with E-state index in [1.165, 1.54) is 12.2 Å². The Bertz CT molecular complexity index is 188. The third-order valence-corrected chi connectivity index (χ3v) is 0.922. The SMILES string of the molecule is C=C1C=C(F)[CH]C(F)=C1.[Br-].[Zn]. The van der Waals surface area contributed by atoms with Gasteiger partial charge in [-0.1, -0.05) is 6.58 Å². The van der Waals surface area contributed by atoms with Crippen LogP contribution in [-0.2, 0) is 19.5 Å². The molecule has 0 saturated heterocycles. The van der Waals surface area contributed by atoms with Crippen molar-refractivity contribution in [3.05, 3.63) is 42.4 Å². The molecule has 0 nitrogen and oxygen atoms in total. The summed E-state index contributed by atoms with van der Waals surface area (Å²) in [4.78, 5) is 0. The van der Waals surface area contributed by atoms with Crippen LogP contribution in [-0.4, -0.2) is 0 Å². The van der Waals surface area contributed by atoms with Gasteiger partial charge in [-0.25, -0.2) is 8.78 Å². The predicted octanol–water partition coefficient (Wildman–Crippen LogP) is -0.531. The molecule has 57 valence electrons. The number of hydrogen-bond acceptors (Lipinski definition) is 0. The van der Waals surface area contributed by atoms with Crippen molar-refractivity contribution in [1.82, 2.24) is 0 Å². The van der Waals surface area contributed by atoms with Gasteiger partial charge >= 0.3 is 0 Å². The number of hydrogen-bond donors (Lipinski definition) is 0. The molecule has 0 aromatic carbocycles. The quantitative estimate of drug-likeness (QED) is 0.520. The minimum Gasteiger partial charge on any atom is -1.00 e. The molecule has 0 spiro atoms. The average molecular weight is 272 g/mol. The molecule has 1 rings (SSSR count). The largest absolute Gasteiger partial charge is 1.00 e. The molecule has 0 amide bonds. The van der Waals surface area contributed by atoms with Gasteiger partial charge in [-0.15, -0.1) is 0 Å². The Morgan fingerprint density at radius 3 is 1.73 bits per heavy atom. The maximum absolute atomic E-state index is 12.1. The van der Waals surface area contributed by atoms with Gasteiger partial charge in [0.1, 0.15) is 11.7 Å². The Morgan fingerprint density at radius 1 is 1.09 bits per heavy atom. The van der Waals surface area contributed by atoms with E-state index in [-0.39, 0.29) is 36.5 Å². The second-order valence-electron chi connectivity index (χ2n) is 1.78. The second kappa shape index (κ2) is 5.79. The van der Waals surface area contributed by atoms with Gasteiger partial charge in [0, 0.05) is 19.5 Å². The zero-order chi connectivity index (χ0) is 6.85. The summed E-state index contributed by atoms with van der Waals surface area (Å²) >= 11 is 0. The van der Waals surface area contributed by atoms with E-state index < -0.39 is 11.7 Å². The van der Waals surface area contributed by atoms with Crippen LogP contribution in [0.5, 0.6) is 0 Å². The third kappa shape index (κ3) is 4.59. The molecule has 0 aliphatic heterocycles. The second-order valence-corrected chi connectivity index (χ2v) is 1.78. The first-order valence-corrected chi connectivity index (χ1v) is 2.46. The summed E-state index contributed by atoms with van der Waals surface area (Å²) in [5, 5.41) is 0. The van der Waals surface area contributed by atoms with Gasteiger partial charge < -0.3 is 17.0 Å². The third-order valence-electron chi connectivity index (χ3n) is 0.922. The predicted molar refractivity (Wildman–Crippen MR) is 31.8 cm³/mol. The molecule has 0 saturated carbocycles. The fourth-order valence-electron chi connectivity index (χ4n) is 0.611. The maximum Gasteiger partial charge on any atom is 0.111 e. The minimum absolute atomic E-state index is 0. The van der Waals surface area contributed by atoms with Crippen LogP contribution in [0.3, 0.4) is 0 Å². The molecular weight excluding hydrogens is 267 g/mol. The van der Waals surface area contributed by atoms with Crippen molar-refractivity contribution in [2.45, 2.75) is 0 Å². The Morgan fingerprint density at radius 2 is 1.45 bits per heavy atom. The van der Waals surface area contributed by atoms with Crippen LogP contribution in [0, 0.1) is 6.42 Å². The molecule has 1 aliphatic rings. The zero-order valence-corrected chi connectivity index (χ0v) is 10.3. The van der Waals surface area contributed by atoms with Crippen LogP contribution in [0.25, 0.3) is 0 Å². The van der Waals surface area contributed by atoms with E-state index in [0.717, 1.165) is 6.42 Å². The Labute approximate surface area is 87.6 Å². The van der Waals surface area contributed by atoms with E-state index in [2.05, 4.69) is 6.58 Å². The summed E-state index contributed by atoms with van der Waals surface area (Å²) in [6.45, 7) is 3.36. The van der Waals surface area contributed by atoms with Gasteiger partial charge in [-0.3, -0.25) is 0 Å². The van der Waals surface area contributed by atoms with Gasteiger partial charge in [0.05, 0.1) is 6.42 Å². The Hall–Kier alpha value is 0.183. The standard InChI is InChI=1S/C7H5F2.BrH.Zn/c1-5-2-6(8)4-7(9)3-5;;/h2-4H,1H2;1H;/p-1. The molecule has 1 radical (unpaired) electrons. The average Bonchev–Trinajstić information content (AvgIpc) is 1.59. The van der Waals surface area contributed by atoms with Crippen molar-refractivity contribution in [3.8, 4) is 0 Å². The summed E-state index contributed by atoms with van der Waals surface area (Å²) in [5.41, 5.74) is 0.354. The first-order chi connectivity index (χ1) is 4.18. The van der Waals surface area contributed by atoms with Crippen molar-refractivity contribution in [2.24, 2.45) is 0 Å². The fraction of sp³-hybridized carbons (Fsp3) is 0. The molecule has 0 atom stereocenters.